The third-order valence-corrected chi connectivity index (χ3v) is 8.20. The molecule has 5 heterocycles. The molecule has 0 aromatic carbocycles. The summed E-state index contributed by atoms with van der Waals surface area (Å²) in [5.74, 6) is 0.162. The number of pyridine rings is 2. The second-order valence-electron chi connectivity index (χ2n) is 10.7. The summed E-state index contributed by atoms with van der Waals surface area (Å²) in [7, 11) is 1.44. The number of likely N-dealkylation sites (tertiary alicyclic amines) is 1. The third kappa shape index (κ3) is 4.83. The van der Waals surface area contributed by atoms with Crippen molar-refractivity contribution in [2.24, 2.45) is 5.92 Å². The average molecular weight is 545 g/mol. The van der Waals surface area contributed by atoms with Crippen molar-refractivity contribution in [2.45, 2.75) is 43.7 Å². The summed E-state index contributed by atoms with van der Waals surface area (Å²) in [6, 6.07) is 8.66. The number of nitrogens with zero attached hydrogens (tertiary/aromatic N) is 6. The summed E-state index contributed by atoms with van der Waals surface area (Å²) < 4.78 is 19.5. The fraction of sp³-hybridized carbons (Fsp3) is 0.429. The standard InChI is InChI=1S/C28H29FN8O3/c1-40-25-10-20(21(29)15-32-25)22-11-23(35-34-22)27(39)37-9-4-18(12-28(37)6-7-28)26(38)33-19-5-8-36(16-19)24-3-2-17(13-30)14-31-24/h2-3,10-11,14-15,18-19H,4-9,12,16H2,1H3,(H,33,38)(H,34,35)/t18-,19?/m0/s1. The Kier molecular flexibility index (Phi) is 6.57. The van der Waals surface area contributed by atoms with Crippen molar-refractivity contribution < 1.29 is 18.7 Å². The number of anilines is 1. The van der Waals surface area contributed by atoms with E-state index in [2.05, 4.69) is 36.5 Å². The molecule has 206 valence electrons. The quantitative estimate of drug-likeness (QED) is 0.483. The predicted octanol–water partition coefficient (Wildman–Crippen LogP) is 2.67. The molecule has 1 aliphatic carbocycles. The van der Waals surface area contributed by atoms with Gasteiger partial charge in [-0.15, -0.1) is 0 Å². The van der Waals surface area contributed by atoms with Crippen molar-refractivity contribution >= 4 is 17.6 Å². The smallest absolute Gasteiger partial charge is 0.272 e. The molecule has 3 aromatic rings. The van der Waals surface area contributed by atoms with Crippen molar-refractivity contribution in [3.05, 3.63) is 53.7 Å². The largest absolute Gasteiger partial charge is 0.481 e. The first-order valence-electron chi connectivity index (χ1n) is 13.4. The number of halogens is 1. The number of aromatic amines is 1. The number of methoxy groups -OCH3 is 1. The van der Waals surface area contributed by atoms with Gasteiger partial charge in [0.2, 0.25) is 11.8 Å². The highest BCUT2D eigenvalue weighted by molar-refractivity contribution is 5.94. The molecule has 0 radical (unpaired) electrons. The minimum atomic E-state index is -0.560. The van der Waals surface area contributed by atoms with Crippen molar-refractivity contribution in [1.29, 1.82) is 5.26 Å². The van der Waals surface area contributed by atoms with Gasteiger partial charge in [0.1, 0.15) is 17.6 Å². The van der Waals surface area contributed by atoms with Gasteiger partial charge in [-0.25, -0.2) is 14.4 Å². The lowest BCUT2D eigenvalue weighted by atomic mass is 9.87. The first-order chi connectivity index (χ1) is 19.4. The van der Waals surface area contributed by atoms with E-state index in [1.807, 2.05) is 11.0 Å². The summed E-state index contributed by atoms with van der Waals surface area (Å²) in [6.07, 6.45) is 6.33. The van der Waals surface area contributed by atoms with Crippen LogP contribution in [-0.2, 0) is 4.79 Å². The zero-order valence-corrected chi connectivity index (χ0v) is 22.1. The van der Waals surface area contributed by atoms with E-state index in [0.29, 0.717) is 37.2 Å². The molecule has 1 saturated carbocycles. The summed E-state index contributed by atoms with van der Waals surface area (Å²) in [5.41, 5.74) is 0.952. The molecule has 6 rings (SSSR count). The van der Waals surface area contributed by atoms with Gasteiger partial charge in [0.25, 0.3) is 5.91 Å². The van der Waals surface area contributed by atoms with Crippen LogP contribution in [0.4, 0.5) is 10.2 Å². The topological polar surface area (TPSA) is 140 Å². The van der Waals surface area contributed by atoms with Gasteiger partial charge in [-0.1, -0.05) is 0 Å². The average Bonchev–Trinajstić information content (AvgIpc) is 3.35. The maximum Gasteiger partial charge on any atom is 0.272 e. The fourth-order valence-electron chi connectivity index (χ4n) is 5.84. The Bertz CT molecular complexity index is 1480. The second kappa shape index (κ2) is 10.2. The monoisotopic (exact) mass is 544 g/mol. The summed E-state index contributed by atoms with van der Waals surface area (Å²) in [5, 5.41) is 19.1. The second-order valence-corrected chi connectivity index (χ2v) is 10.7. The molecule has 12 heteroatoms. The van der Waals surface area contributed by atoms with Gasteiger partial charge in [-0.3, -0.25) is 14.7 Å². The molecular formula is C28H29FN8O3. The molecule has 2 N–H and O–H groups in total. The van der Waals surface area contributed by atoms with Gasteiger partial charge in [0, 0.05) is 55.0 Å². The number of piperidine rings is 1. The van der Waals surface area contributed by atoms with Gasteiger partial charge in [0.15, 0.2) is 5.82 Å². The molecule has 1 unspecified atom stereocenters. The highest BCUT2D eigenvalue weighted by Gasteiger charge is 2.54. The molecule has 40 heavy (non-hydrogen) atoms. The minimum absolute atomic E-state index is 0.0235. The van der Waals surface area contributed by atoms with E-state index in [-0.39, 0.29) is 46.5 Å². The van der Waals surface area contributed by atoms with Crippen molar-refractivity contribution in [2.75, 3.05) is 31.6 Å². The van der Waals surface area contributed by atoms with Crippen LogP contribution in [0.15, 0.2) is 36.7 Å². The van der Waals surface area contributed by atoms with Crippen molar-refractivity contribution in [3.63, 3.8) is 0 Å². The Morgan fingerprint density at radius 1 is 1.20 bits per heavy atom. The number of aromatic nitrogens is 4. The molecule has 2 saturated heterocycles. The van der Waals surface area contributed by atoms with Gasteiger partial charge in [-0.2, -0.15) is 10.4 Å². The van der Waals surface area contributed by atoms with E-state index in [1.165, 1.54) is 13.2 Å². The number of rotatable bonds is 6. The Hall–Kier alpha value is -4.53. The Labute approximate surface area is 230 Å². The maximum atomic E-state index is 14.4. The van der Waals surface area contributed by atoms with E-state index in [4.69, 9.17) is 10.00 Å². The third-order valence-electron chi connectivity index (χ3n) is 8.20. The van der Waals surface area contributed by atoms with E-state index in [0.717, 1.165) is 37.8 Å². The lowest BCUT2D eigenvalue weighted by Crippen LogP contribution is -2.52. The molecule has 3 fully saturated rings. The van der Waals surface area contributed by atoms with Crippen LogP contribution in [0.5, 0.6) is 5.88 Å². The summed E-state index contributed by atoms with van der Waals surface area (Å²) in [6.45, 7) is 1.91. The van der Waals surface area contributed by atoms with Gasteiger partial charge in [0.05, 0.1) is 24.6 Å². The number of hydrogen-bond donors (Lipinski definition) is 2. The Morgan fingerprint density at radius 2 is 2.05 bits per heavy atom. The number of hydrogen-bond acceptors (Lipinski definition) is 8. The van der Waals surface area contributed by atoms with Crippen LogP contribution in [0.1, 0.15) is 48.2 Å². The SMILES string of the molecule is COc1cc(-c2cc(C(=O)N3CC[C@H](C(=O)NC4CCN(c5ccc(C#N)cn5)C4)CC34CC4)[nH]n2)c(F)cn1. The van der Waals surface area contributed by atoms with E-state index in [9.17, 15) is 14.0 Å². The molecule has 11 nitrogen and oxygen atoms in total. The number of nitrogens with one attached hydrogen (secondary N) is 2. The van der Waals surface area contributed by atoms with Gasteiger partial charge in [-0.05, 0) is 50.3 Å². The zero-order chi connectivity index (χ0) is 27.9. The Morgan fingerprint density at radius 3 is 2.77 bits per heavy atom. The number of amides is 2. The normalized spacial score (nSPS) is 21.2. The molecule has 0 bridgehead atoms. The van der Waals surface area contributed by atoms with Crippen LogP contribution in [0.2, 0.25) is 0 Å². The molecule has 2 aliphatic heterocycles. The van der Waals surface area contributed by atoms with Crippen LogP contribution in [0.25, 0.3) is 11.3 Å². The maximum absolute atomic E-state index is 14.4. The first-order valence-corrected chi connectivity index (χ1v) is 13.4. The minimum Gasteiger partial charge on any atom is -0.481 e. The number of carbonyl (C=O) groups excluding carboxylic acids is 2. The molecule has 2 atom stereocenters. The van der Waals surface area contributed by atoms with Crippen molar-refractivity contribution in [1.82, 2.24) is 30.4 Å². The van der Waals surface area contributed by atoms with Gasteiger partial charge >= 0.3 is 0 Å². The van der Waals surface area contributed by atoms with Crippen LogP contribution in [0, 0.1) is 23.1 Å². The van der Waals surface area contributed by atoms with Crippen LogP contribution in [-0.4, -0.2) is 75.2 Å². The lowest BCUT2D eigenvalue weighted by molar-refractivity contribution is -0.127. The molecular weight excluding hydrogens is 515 g/mol. The van der Waals surface area contributed by atoms with Crippen molar-refractivity contribution in [3.8, 4) is 23.2 Å². The van der Waals surface area contributed by atoms with Crippen LogP contribution >= 0.6 is 0 Å². The first kappa shape index (κ1) is 25.7. The Balaban J connectivity index is 1.07. The number of nitriles is 1. The number of ether oxygens (including phenoxy) is 1. The fourth-order valence-corrected chi connectivity index (χ4v) is 5.84. The number of carbonyl (C=O) groups is 2. The molecule has 3 aromatic heterocycles. The highest BCUT2D eigenvalue weighted by Crippen LogP contribution is 2.50. The van der Waals surface area contributed by atoms with Crippen LogP contribution in [0.3, 0.4) is 0 Å². The van der Waals surface area contributed by atoms with E-state index < -0.39 is 5.82 Å². The van der Waals surface area contributed by atoms with Gasteiger partial charge < -0.3 is 19.9 Å². The predicted molar refractivity (Wildman–Crippen MR) is 142 cm³/mol. The number of H-pyrrole nitrogens is 1. The molecule has 2 amide bonds. The summed E-state index contributed by atoms with van der Waals surface area (Å²) >= 11 is 0. The highest BCUT2D eigenvalue weighted by atomic mass is 19.1. The zero-order valence-electron chi connectivity index (χ0n) is 22.1. The molecule has 1 spiro atoms. The lowest BCUT2D eigenvalue weighted by Gasteiger charge is -2.39. The summed E-state index contributed by atoms with van der Waals surface area (Å²) in [4.78, 5) is 38.9. The van der Waals surface area contributed by atoms with E-state index in [1.54, 1.807) is 18.3 Å². The van der Waals surface area contributed by atoms with E-state index >= 15 is 0 Å². The molecule has 3 aliphatic rings. The van der Waals surface area contributed by atoms with Crippen LogP contribution < -0.4 is 15.0 Å².